The largest absolute Gasteiger partial charge is 0.711 e. The lowest BCUT2D eigenvalue weighted by atomic mass is 10.2. The molecular formula is C14H16N3O5P. The van der Waals surface area contributed by atoms with Crippen molar-refractivity contribution < 1.29 is 23.5 Å². The molecule has 0 bridgehead atoms. The Balaban J connectivity index is 2.22. The molecule has 3 aromatic rings. The van der Waals surface area contributed by atoms with Crippen molar-refractivity contribution in [2.24, 2.45) is 5.92 Å². The Kier molecular flexibility index (Phi) is 3.75. The molecule has 8 nitrogen and oxygen atoms in total. The minimum Gasteiger partial charge on any atom is -0.711 e. The zero-order chi connectivity index (χ0) is 16.8. The average molecular weight is 337 g/mol. The second-order valence-electron chi connectivity index (χ2n) is 5.66. The summed E-state index contributed by atoms with van der Waals surface area (Å²) >= 11 is 0. The normalized spacial score (nSPS) is 12.4. The molecule has 0 aliphatic rings. The third kappa shape index (κ3) is 2.88. The third-order valence-corrected chi connectivity index (χ3v) is 4.11. The average Bonchev–Trinajstić information content (AvgIpc) is 3.03. The van der Waals surface area contributed by atoms with E-state index in [1.54, 1.807) is 16.7 Å². The Labute approximate surface area is 131 Å². The molecule has 0 spiro atoms. The van der Waals surface area contributed by atoms with Crippen LogP contribution < -0.4 is 10.2 Å². The predicted molar refractivity (Wildman–Crippen MR) is 82.9 cm³/mol. The van der Waals surface area contributed by atoms with Gasteiger partial charge in [-0.1, -0.05) is 13.8 Å². The highest BCUT2D eigenvalue weighted by atomic mass is 31.2. The maximum Gasteiger partial charge on any atom is 0.391 e. The SMILES string of the molecule is CC(C)Cn1c(-c2ccc(P(=O)(O)O)o2)nc2ccc[n+]([O-])c21. The van der Waals surface area contributed by atoms with Crippen LogP contribution in [0.25, 0.3) is 22.7 Å². The van der Waals surface area contributed by atoms with Crippen LogP contribution in [0.3, 0.4) is 0 Å². The predicted octanol–water partition coefficient (Wildman–Crippen LogP) is 1.39. The standard InChI is InChI=1S/C14H16N3O5P/c1-9(2)8-16-13(11-5-6-12(22-11)23(19,20)21)15-10-4-3-7-17(18)14(10)16/h3-7,9H,8H2,1-2H3,(H2,19,20,21). The zero-order valence-corrected chi connectivity index (χ0v) is 13.5. The topological polar surface area (TPSA) is 115 Å². The van der Waals surface area contributed by atoms with Gasteiger partial charge in [-0.25, -0.2) is 9.30 Å². The van der Waals surface area contributed by atoms with Crippen LogP contribution in [0, 0.1) is 11.1 Å². The van der Waals surface area contributed by atoms with E-state index >= 15 is 0 Å². The number of aromatic nitrogens is 3. The van der Waals surface area contributed by atoms with Crippen LogP contribution in [0.15, 0.2) is 34.9 Å². The Bertz CT molecular complexity index is 908. The lowest BCUT2D eigenvalue weighted by Crippen LogP contribution is -2.29. The fourth-order valence-electron chi connectivity index (χ4n) is 2.42. The van der Waals surface area contributed by atoms with Gasteiger partial charge in [0.1, 0.15) is 0 Å². The van der Waals surface area contributed by atoms with E-state index in [9.17, 15) is 19.6 Å². The Morgan fingerprint density at radius 2 is 2.13 bits per heavy atom. The molecule has 122 valence electrons. The molecule has 0 aliphatic carbocycles. The Hall–Kier alpha value is -2.15. The molecule has 0 aromatic carbocycles. The van der Waals surface area contributed by atoms with E-state index in [2.05, 4.69) is 4.98 Å². The maximum atomic E-state index is 12.1. The Morgan fingerprint density at radius 3 is 2.74 bits per heavy atom. The molecule has 3 heterocycles. The van der Waals surface area contributed by atoms with Crippen molar-refractivity contribution in [1.29, 1.82) is 0 Å². The number of fused-ring (bicyclic) bond motifs is 1. The van der Waals surface area contributed by atoms with Gasteiger partial charge in [0, 0.05) is 0 Å². The first kappa shape index (κ1) is 15.7. The van der Waals surface area contributed by atoms with Crippen LogP contribution >= 0.6 is 7.60 Å². The second-order valence-corrected chi connectivity index (χ2v) is 7.19. The molecule has 0 saturated heterocycles. The summed E-state index contributed by atoms with van der Waals surface area (Å²) in [5.74, 6) is 0.812. The van der Waals surface area contributed by atoms with Crippen molar-refractivity contribution in [3.63, 3.8) is 0 Å². The van der Waals surface area contributed by atoms with Crippen LogP contribution in [0.1, 0.15) is 13.8 Å². The number of imidazole rings is 1. The summed E-state index contributed by atoms with van der Waals surface area (Å²) in [6.45, 7) is 4.51. The van der Waals surface area contributed by atoms with Crippen molar-refractivity contribution >= 4 is 24.3 Å². The van der Waals surface area contributed by atoms with E-state index in [1.165, 1.54) is 18.3 Å². The second kappa shape index (κ2) is 5.49. The fraction of sp³-hybridized carbons (Fsp3) is 0.286. The van der Waals surface area contributed by atoms with Gasteiger partial charge in [-0.15, -0.1) is 0 Å². The van der Waals surface area contributed by atoms with E-state index < -0.39 is 13.1 Å². The van der Waals surface area contributed by atoms with Crippen molar-refractivity contribution in [1.82, 2.24) is 9.55 Å². The highest BCUT2D eigenvalue weighted by molar-refractivity contribution is 7.59. The summed E-state index contributed by atoms with van der Waals surface area (Å²) in [4.78, 5) is 22.8. The Morgan fingerprint density at radius 1 is 1.39 bits per heavy atom. The monoisotopic (exact) mass is 337 g/mol. The molecule has 2 N–H and O–H groups in total. The minimum atomic E-state index is -4.48. The van der Waals surface area contributed by atoms with Gasteiger partial charge < -0.3 is 19.4 Å². The van der Waals surface area contributed by atoms with E-state index in [1.807, 2.05) is 13.8 Å². The molecule has 23 heavy (non-hydrogen) atoms. The van der Waals surface area contributed by atoms with Crippen molar-refractivity contribution in [3.05, 3.63) is 35.7 Å². The first-order valence-electron chi connectivity index (χ1n) is 7.02. The quantitative estimate of drug-likeness (QED) is 0.422. The zero-order valence-electron chi connectivity index (χ0n) is 12.6. The van der Waals surface area contributed by atoms with Crippen LogP contribution in [0.4, 0.5) is 0 Å². The fourth-order valence-corrected chi connectivity index (χ4v) is 2.91. The molecule has 0 amide bonds. The van der Waals surface area contributed by atoms with Gasteiger partial charge in [0.15, 0.2) is 11.3 Å². The van der Waals surface area contributed by atoms with Gasteiger partial charge in [0.25, 0.3) is 5.82 Å². The van der Waals surface area contributed by atoms with Crippen molar-refractivity contribution in [2.45, 2.75) is 20.4 Å². The summed E-state index contributed by atoms with van der Waals surface area (Å²) in [5.41, 5.74) is 0.447. The summed E-state index contributed by atoms with van der Waals surface area (Å²) < 4.78 is 19.0. The van der Waals surface area contributed by atoms with Crippen LogP contribution in [0.5, 0.6) is 0 Å². The molecule has 3 rings (SSSR count). The van der Waals surface area contributed by atoms with Crippen molar-refractivity contribution in [2.75, 3.05) is 0 Å². The molecule has 0 atom stereocenters. The van der Waals surface area contributed by atoms with Gasteiger partial charge in [0.2, 0.25) is 5.50 Å². The lowest BCUT2D eigenvalue weighted by Gasteiger charge is -2.07. The smallest absolute Gasteiger partial charge is 0.391 e. The number of pyridine rings is 1. The summed E-state index contributed by atoms with van der Waals surface area (Å²) in [7, 11) is -4.48. The number of nitrogens with zero attached hydrogens (tertiary/aromatic N) is 3. The van der Waals surface area contributed by atoms with Gasteiger partial charge in [-0.3, -0.25) is 4.57 Å². The molecule has 9 heteroatoms. The summed E-state index contributed by atoms with van der Waals surface area (Å²) in [6, 6.07) is 5.97. The van der Waals surface area contributed by atoms with E-state index in [0.717, 1.165) is 4.73 Å². The van der Waals surface area contributed by atoms with Crippen molar-refractivity contribution in [3.8, 4) is 11.6 Å². The summed E-state index contributed by atoms with van der Waals surface area (Å²) in [5, 5.41) is 12.1. The minimum absolute atomic E-state index is 0.208. The molecule has 3 aromatic heterocycles. The van der Waals surface area contributed by atoms with Crippen LogP contribution in [0.2, 0.25) is 0 Å². The third-order valence-electron chi connectivity index (χ3n) is 3.30. The van der Waals surface area contributed by atoms with Crippen LogP contribution in [-0.2, 0) is 11.1 Å². The van der Waals surface area contributed by atoms with Gasteiger partial charge in [0.05, 0.1) is 12.7 Å². The lowest BCUT2D eigenvalue weighted by molar-refractivity contribution is -0.580. The number of rotatable bonds is 4. The first-order valence-corrected chi connectivity index (χ1v) is 8.63. The molecule has 0 radical (unpaired) electrons. The molecule has 0 saturated carbocycles. The molecular weight excluding hydrogens is 321 g/mol. The molecule has 0 aliphatic heterocycles. The van der Waals surface area contributed by atoms with E-state index in [0.29, 0.717) is 23.5 Å². The number of hydrogen-bond acceptors (Lipinski definition) is 4. The van der Waals surface area contributed by atoms with Gasteiger partial charge in [-0.05, 0) is 30.2 Å². The highest BCUT2D eigenvalue weighted by Gasteiger charge is 2.28. The van der Waals surface area contributed by atoms with Gasteiger partial charge >= 0.3 is 13.2 Å². The highest BCUT2D eigenvalue weighted by Crippen LogP contribution is 2.35. The summed E-state index contributed by atoms with van der Waals surface area (Å²) in [6.07, 6.45) is 1.38. The van der Waals surface area contributed by atoms with E-state index in [4.69, 9.17) is 4.42 Å². The van der Waals surface area contributed by atoms with E-state index in [-0.39, 0.29) is 11.7 Å². The number of furan rings is 1. The maximum absolute atomic E-state index is 12.1. The first-order chi connectivity index (χ1) is 10.8. The number of hydrogen-bond donors (Lipinski definition) is 2. The molecule has 0 unspecified atom stereocenters. The molecule has 0 fully saturated rings. The van der Waals surface area contributed by atoms with Gasteiger partial charge in [-0.2, -0.15) is 4.98 Å². The van der Waals surface area contributed by atoms with Crippen LogP contribution in [-0.4, -0.2) is 19.3 Å².